The van der Waals surface area contributed by atoms with Gasteiger partial charge in [-0.25, -0.2) is 0 Å². The van der Waals surface area contributed by atoms with Crippen LogP contribution in [0.5, 0.6) is 0 Å². The first-order valence-corrected chi connectivity index (χ1v) is 7.33. The zero-order chi connectivity index (χ0) is 12.4. The second kappa shape index (κ2) is 5.40. The molecule has 1 aromatic rings. The predicted octanol–water partition coefficient (Wildman–Crippen LogP) is 3.64. The molecule has 0 unspecified atom stereocenters. The summed E-state index contributed by atoms with van der Waals surface area (Å²) < 4.78 is 0. The largest absolute Gasteiger partial charge is 0.349 e. The fourth-order valence-electron chi connectivity index (χ4n) is 2.14. The first kappa shape index (κ1) is 12.9. The first-order valence-electron chi connectivity index (χ1n) is 6.08. The topological polar surface area (TPSA) is 29.1 Å². The van der Waals surface area contributed by atoms with Crippen LogP contribution >= 0.6 is 22.9 Å². The summed E-state index contributed by atoms with van der Waals surface area (Å²) in [6, 6.07) is 2.28. The van der Waals surface area contributed by atoms with E-state index in [0.717, 1.165) is 30.6 Å². The van der Waals surface area contributed by atoms with Crippen LogP contribution in [0.1, 0.15) is 45.8 Å². The van der Waals surface area contributed by atoms with Gasteiger partial charge in [-0.2, -0.15) is 0 Å². The van der Waals surface area contributed by atoms with Crippen molar-refractivity contribution in [3.05, 3.63) is 21.4 Å². The molecule has 1 heterocycles. The fraction of sp³-hybridized carbons (Fsp3) is 0.615. The Balaban J connectivity index is 1.93. The highest BCUT2D eigenvalue weighted by molar-refractivity contribution is 7.14. The quantitative estimate of drug-likeness (QED) is 0.818. The summed E-state index contributed by atoms with van der Waals surface area (Å²) in [5.74, 6) is 0.0734. The number of thiophene rings is 1. The Morgan fingerprint density at radius 1 is 1.35 bits per heavy atom. The van der Waals surface area contributed by atoms with Gasteiger partial charge in [0, 0.05) is 16.3 Å². The van der Waals surface area contributed by atoms with E-state index >= 15 is 0 Å². The maximum atomic E-state index is 12.0. The minimum atomic E-state index is 0.0734. The predicted molar refractivity (Wildman–Crippen MR) is 73.2 cm³/mol. The van der Waals surface area contributed by atoms with Crippen LogP contribution in [0.2, 0.25) is 0 Å². The molecule has 4 heteroatoms. The molecular formula is C13H18ClNOS. The molecule has 94 valence electrons. The number of hydrogen-bond donors (Lipinski definition) is 1. The van der Waals surface area contributed by atoms with Crippen LogP contribution in [0.15, 0.2) is 6.07 Å². The van der Waals surface area contributed by atoms with E-state index < -0.39 is 0 Å². The van der Waals surface area contributed by atoms with Gasteiger partial charge in [-0.15, -0.1) is 22.9 Å². The van der Waals surface area contributed by atoms with E-state index in [-0.39, 0.29) is 5.91 Å². The normalized spacial score (nSPS) is 24.6. The molecule has 0 aromatic carbocycles. The number of amides is 1. The van der Waals surface area contributed by atoms with E-state index in [0.29, 0.717) is 11.4 Å². The Hall–Kier alpha value is -0.540. The zero-order valence-electron chi connectivity index (χ0n) is 10.3. The van der Waals surface area contributed by atoms with E-state index in [9.17, 15) is 4.79 Å². The summed E-state index contributed by atoms with van der Waals surface area (Å²) in [4.78, 5) is 14.1. The lowest BCUT2D eigenvalue weighted by Crippen LogP contribution is -2.37. The van der Waals surface area contributed by atoms with Gasteiger partial charge < -0.3 is 5.32 Å². The molecule has 2 rings (SSSR count). The Labute approximate surface area is 111 Å². The number of alkyl halides is 1. The lowest BCUT2D eigenvalue weighted by Gasteiger charge is -2.25. The van der Waals surface area contributed by atoms with Gasteiger partial charge in [0.15, 0.2) is 0 Å². The Bertz CT molecular complexity index is 388. The van der Waals surface area contributed by atoms with Gasteiger partial charge in [-0.1, -0.05) is 0 Å². The Morgan fingerprint density at radius 3 is 2.53 bits per heavy atom. The molecule has 1 saturated carbocycles. The fourth-order valence-corrected chi connectivity index (χ4v) is 3.33. The number of halogens is 1. The first-order chi connectivity index (χ1) is 8.06. The maximum Gasteiger partial charge on any atom is 0.261 e. The smallest absolute Gasteiger partial charge is 0.261 e. The van der Waals surface area contributed by atoms with Crippen LogP contribution in [0.25, 0.3) is 0 Å². The van der Waals surface area contributed by atoms with E-state index in [1.165, 1.54) is 10.4 Å². The van der Waals surface area contributed by atoms with Crippen molar-refractivity contribution in [3.63, 3.8) is 0 Å². The molecule has 2 nitrogen and oxygen atoms in total. The van der Waals surface area contributed by atoms with Crippen LogP contribution in [0, 0.1) is 13.8 Å². The van der Waals surface area contributed by atoms with Crippen LogP contribution in [0.4, 0.5) is 0 Å². The summed E-state index contributed by atoms with van der Waals surface area (Å²) in [5.41, 5.74) is 1.20. The van der Waals surface area contributed by atoms with Crippen molar-refractivity contribution in [1.82, 2.24) is 5.32 Å². The van der Waals surface area contributed by atoms with Crippen molar-refractivity contribution in [1.29, 1.82) is 0 Å². The van der Waals surface area contributed by atoms with E-state index in [1.54, 1.807) is 11.3 Å². The molecule has 1 N–H and O–H groups in total. The van der Waals surface area contributed by atoms with Crippen molar-refractivity contribution in [2.75, 3.05) is 0 Å². The van der Waals surface area contributed by atoms with Crippen molar-refractivity contribution in [2.45, 2.75) is 50.9 Å². The van der Waals surface area contributed by atoms with Gasteiger partial charge in [-0.05, 0) is 51.2 Å². The van der Waals surface area contributed by atoms with E-state index in [1.807, 2.05) is 13.0 Å². The molecule has 1 aliphatic carbocycles. The van der Waals surface area contributed by atoms with Gasteiger partial charge in [0.25, 0.3) is 5.91 Å². The zero-order valence-corrected chi connectivity index (χ0v) is 11.8. The molecule has 1 fully saturated rings. The molecular weight excluding hydrogens is 254 g/mol. The van der Waals surface area contributed by atoms with Crippen molar-refractivity contribution < 1.29 is 4.79 Å². The van der Waals surface area contributed by atoms with Gasteiger partial charge >= 0.3 is 0 Å². The van der Waals surface area contributed by atoms with Crippen molar-refractivity contribution in [3.8, 4) is 0 Å². The Kier molecular flexibility index (Phi) is 4.10. The molecule has 1 amide bonds. The van der Waals surface area contributed by atoms with Crippen LogP contribution in [0.3, 0.4) is 0 Å². The summed E-state index contributed by atoms with van der Waals surface area (Å²) in [5, 5.41) is 3.41. The van der Waals surface area contributed by atoms with Gasteiger partial charge in [0.05, 0.1) is 4.88 Å². The molecule has 0 bridgehead atoms. The maximum absolute atomic E-state index is 12.0. The summed E-state index contributed by atoms with van der Waals surface area (Å²) >= 11 is 7.62. The number of rotatable bonds is 2. The van der Waals surface area contributed by atoms with Gasteiger partial charge in [0.1, 0.15) is 0 Å². The van der Waals surface area contributed by atoms with Crippen molar-refractivity contribution >= 4 is 28.8 Å². The van der Waals surface area contributed by atoms with Gasteiger partial charge in [-0.3, -0.25) is 4.79 Å². The third-order valence-electron chi connectivity index (χ3n) is 3.38. The number of nitrogens with one attached hydrogen (secondary N) is 1. The summed E-state index contributed by atoms with van der Waals surface area (Å²) in [6.07, 6.45) is 4.02. The number of carbonyl (C=O) groups is 1. The molecule has 17 heavy (non-hydrogen) atoms. The van der Waals surface area contributed by atoms with Gasteiger partial charge in [0.2, 0.25) is 0 Å². The average Bonchev–Trinajstić information content (AvgIpc) is 2.63. The Morgan fingerprint density at radius 2 is 2.00 bits per heavy atom. The highest BCUT2D eigenvalue weighted by Gasteiger charge is 2.22. The number of aryl methyl sites for hydroxylation is 2. The second-order valence-electron chi connectivity index (χ2n) is 4.77. The number of carbonyl (C=O) groups excluding carboxylic acids is 1. The second-order valence-corrected chi connectivity index (χ2v) is 6.65. The molecule has 1 aliphatic rings. The van der Waals surface area contributed by atoms with E-state index in [2.05, 4.69) is 12.2 Å². The standard InChI is InChI=1S/C13H18ClNOS/c1-8-7-12(17-9(8)2)13(16)15-11-5-3-10(14)4-6-11/h7,10-11H,3-6H2,1-2H3,(H,15,16). The van der Waals surface area contributed by atoms with Crippen LogP contribution in [-0.4, -0.2) is 17.3 Å². The minimum absolute atomic E-state index is 0.0734. The summed E-state index contributed by atoms with van der Waals surface area (Å²) in [6.45, 7) is 4.09. The summed E-state index contributed by atoms with van der Waals surface area (Å²) in [7, 11) is 0. The molecule has 1 aromatic heterocycles. The highest BCUT2D eigenvalue weighted by Crippen LogP contribution is 2.24. The molecule has 0 atom stereocenters. The minimum Gasteiger partial charge on any atom is -0.349 e. The monoisotopic (exact) mass is 271 g/mol. The van der Waals surface area contributed by atoms with Crippen LogP contribution in [-0.2, 0) is 0 Å². The lowest BCUT2D eigenvalue weighted by atomic mass is 9.95. The molecule has 0 aliphatic heterocycles. The van der Waals surface area contributed by atoms with Crippen LogP contribution < -0.4 is 5.32 Å². The lowest BCUT2D eigenvalue weighted by molar-refractivity contribution is 0.0932. The van der Waals surface area contributed by atoms with Crippen molar-refractivity contribution in [2.24, 2.45) is 0 Å². The third-order valence-corrected chi connectivity index (χ3v) is 4.97. The third kappa shape index (κ3) is 3.23. The molecule has 0 saturated heterocycles. The highest BCUT2D eigenvalue weighted by atomic mass is 35.5. The SMILES string of the molecule is Cc1cc(C(=O)NC2CCC(Cl)CC2)sc1C. The molecule has 0 spiro atoms. The average molecular weight is 272 g/mol. The number of hydrogen-bond acceptors (Lipinski definition) is 2. The van der Waals surface area contributed by atoms with E-state index in [4.69, 9.17) is 11.6 Å². The molecule has 0 radical (unpaired) electrons.